The zero-order valence-electron chi connectivity index (χ0n) is 11.9. The molecule has 0 aliphatic carbocycles. The minimum Gasteiger partial charge on any atom is -0.480 e. The van der Waals surface area contributed by atoms with Gasteiger partial charge in [0.2, 0.25) is 5.91 Å². The number of rotatable bonds is 4. The smallest absolute Gasteiger partial charge is 0.321 e. The van der Waals surface area contributed by atoms with E-state index in [0.717, 1.165) is 6.42 Å². The number of carbonyl (C=O) groups excluding carboxylic acids is 2. The molecule has 1 fully saturated rings. The summed E-state index contributed by atoms with van der Waals surface area (Å²) in [6.07, 6.45) is 0.797. The maximum absolute atomic E-state index is 11.9. The number of urea groups is 1. The molecule has 3 N–H and O–H groups in total. The Hall–Kier alpha value is -1.67. The van der Waals surface area contributed by atoms with Crippen LogP contribution in [0.4, 0.5) is 4.79 Å². The molecule has 0 radical (unpaired) electrons. The number of nitrogens with one attached hydrogen (secondary N) is 2. The Morgan fingerprint density at radius 1 is 1.20 bits per heavy atom. The van der Waals surface area contributed by atoms with Gasteiger partial charge in [-0.05, 0) is 13.3 Å². The van der Waals surface area contributed by atoms with Gasteiger partial charge in [-0.15, -0.1) is 0 Å². The second-order valence-electron chi connectivity index (χ2n) is 4.80. The fourth-order valence-corrected chi connectivity index (χ4v) is 2.17. The lowest BCUT2D eigenvalue weighted by Gasteiger charge is -2.26. The molecule has 1 heterocycles. The molecular weight excluding hydrogens is 264 g/mol. The Labute approximate surface area is 118 Å². The van der Waals surface area contributed by atoms with Crippen LogP contribution in [0.3, 0.4) is 0 Å². The Kier molecular flexibility index (Phi) is 6.40. The van der Waals surface area contributed by atoms with E-state index in [2.05, 4.69) is 10.6 Å². The quantitative estimate of drug-likeness (QED) is 0.608. The van der Waals surface area contributed by atoms with Crippen LogP contribution < -0.4 is 10.6 Å². The lowest BCUT2D eigenvalue weighted by molar-refractivity contribution is -0.138. The fourth-order valence-electron chi connectivity index (χ4n) is 2.17. The number of hydrogen-bond donors (Lipinski definition) is 3. The first-order chi connectivity index (χ1) is 9.43. The Balaban J connectivity index is 2.49. The summed E-state index contributed by atoms with van der Waals surface area (Å²) in [5, 5.41) is 13.4. The molecule has 20 heavy (non-hydrogen) atoms. The molecule has 0 spiro atoms. The lowest BCUT2D eigenvalue weighted by Crippen LogP contribution is -2.50. The predicted octanol–water partition coefficient (Wildman–Crippen LogP) is -1.08. The molecule has 1 saturated heterocycles. The number of carboxylic acid groups (broad SMARTS) is 1. The standard InChI is InChI=1S/C12H22N4O4/c1-9(11(19)14-12(20)13-2)16-5-3-4-15(6-7-16)8-10(17)18/h9H,3-8H2,1-2H3,(H,17,18)(H2,13,14,19,20). The summed E-state index contributed by atoms with van der Waals surface area (Å²) in [6, 6.07) is -0.943. The number of carboxylic acids is 1. The molecule has 0 saturated carbocycles. The van der Waals surface area contributed by atoms with Gasteiger partial charge in [0.05, 0.1) is 12.6 Å². The van der Waals surface area contributed by atoms with Crippen molar-refractivity contribution in [3.05, 3.63) is 0 Å². The first kappa shape index (κ1) is 16.4. The predicted molar refractivity (Wildman–Crippen MR) is 72.3 cm³/mol. The molecule has 1 atom stereocenters. The van der Waals surface area contributed by atoms with Gasteiger partial charge in [0.25, 0.3) is 0 Å². The molecule has 8 nitrogen and oxygen atoms in total. The highest BCUT2D eigenvalue weighted by Crippen LogP contribution is 2.07. The molecule has 0 bridgehead atoms. The summed E-state index contributed by atoms with van der Waals surface area (Å²) in [5.41, 5.74) is 0. The second-order valence-corrected chi connectivity index (χ2v) is 4.80. The first-order valence-corrected chi connectivity index (χ1v) is 6.64. The van der Waals surface area contributed by atoms with Crippen LogP contribution in [0.2, 0.25) is 0 Å². The maximum Gasteiger partial charge on any atom is 0.321 e. The maximum atomic E-state index is 11.9. The Morgan fingerprint density at radius 3 is 2.50 bits per heavy atom. The van der Waals surface area contributed by atoms with Crippen molar-refractivity contribution < 1.29 is 19.5 Å². The molecule has 8 heteroatoms. The van der Waals surface area contributed by atoms with Crippen molar-refractivity contribution in [2.24, 2.45) is 0 Å². The van der Waals surface area contributed by atoms with Crippen molar-refractivity contribution in [3.8, 4) is 0 Å². The molecular formula is C12H22N4O4. The molecule has 1 aliphatic rings. The molecule has 0 aromatic rings. The van der Waals surface area contributed by atoms with E-state index in [1.807, 2.05) is 9.80 Å². The van der Waals surface area contributed by atoms with Crippen molar-refractivity contribution in [2.45, 2.75) is 19.4 Å². The minimum absolute atomic E-state index is 0.0205. The largest absolute Gasteiger partial charge is 0.480 e. The van der Waals surface area contributed by atoms with Crippen LogP contribution in [0, 0.1) is 0 Å². The second kappa shape index (κ2) is 7.81. The van der Waals surface area contributed by atoms with E-state index in [1.165, 1.54) is 7.05 Å². The highest BCUT2D eigenvalue weighted by atomic mass is 16.4. The number of amides is 3. The summed E-state index contributed by atoms with van der Waals surface area (Å²) in [7, 11) is 1.45. The van der Waals surface area contributed by atoms with Crippen molar-refractivity contribution in [1.29, 1.82) is 0 Å². The van der Waals surface area contributed by atoms with E-state index in [4.69, 9.17) is 5.11 Å². The van der Waals surface area contributed by atoms with Crippen LogP contribution in [-0.4, -0.2) is 78.6 Å². The van der Waals surface area contributed by atoms with Gasteiger partial charge in [0.15, 0.2) is 0 Å². The lowest BCUT2D eigenvalue weighted by atomic mass is 10.2. The third-order valence-electron chi connectivity index (χ3n) is 3.37. The number of aliphatic carboxylic acids is 1. The van der Waals surface area contributed by atoms with Gasteiger partial charge in [-0.2, -0.15) is 0 Å². The summed E-state index contributed by atoms with van der Waals surface area (Å²) in [4.78, 5) is 37.5. The van der Waals surface area contributed by atoms with E-state index in [-0.39, 0.29) is 12.5 Å². The van der Waals surface area contributed by atoms with Crippen LogP contribution in [-0.2, 0) is 9.59 Å². The van der Waals surface area contributed by atoms with Crippen LogP contribution in [0.15, 0.2) is 0 Å². The third kappa shape index (κ3) is 5.14. The van der Waals surface area contributed by atoms with E-state index < -0.39 is 18.0 Å². The Bertz CT molecular complexity index is 374. The normalized spacial score (nSPS) is 18.9. The highest BCUT2D eigenvalue weighted by Gasteiger charge is 2.25. The molecule has 1 rings (SSSR count). The van der Waals surface area contributed by atoms with Crippen LogP contribution in [0.25, 0.3) is 0 Å². The summed E-state index contributed by atoms with van der Waals surface area (Å²) in [5.74, 6) is -1.19. The van der Waals surface area contributed by atoms with Crippen LogP contribution in [0.1, 0.15) is 13.3 Å². The zero-order chi connectivity index (χ0) is 15.1. The van der Waals surface area contributed by atoms with Gasteiger partial charge in [0.1, 0.15) is 0 Å². The molecule has 0 aromatic heterocycles. The molecule has 0 aromatic carbocycles. The minimum atomic E-state index is -0.844. The molecule has 3 amide bonds. The molecule has 1 aliphatic heterocycles. The van der Waals surface area contributed by atoms with Gasteiger partial charge >= 0.3 is 12.0 Å². The van der Waals surface area contributed by atoms with Gasteiger partial charge in [-0.3, -0.25) is 24.7 Å². The molecule has 1 unspecified atom stereocenters. The van der Waals surface area contributed by atoms with E-state index in [9.17, 15) is 14.4 Å². The fraction of sp³-hybridized carbons (Fsp3) is 0.750. The van der Waals surface area contributed by atoms with Gasteiger partial charge in [-0.1, -0.05) is 0 Å². The van der Waals surface area contributed by atoms with Crippen LogP contribution in [0.5, 0.6) is 0 Å². The first-order valence-electron chi connectivity index (χ1n) is 6.64. The molecule has 114 valence electrons. The summed E-state index contributed by atoms with van der Waals surface area (Å²) >= 11 is 0. The topological polar surface area (TPSA) is 102 Å². The number of imide groups is 1. The summed E-state index contributed by atoms with van der Waals surface area (Å²) < 4.78 is 0. The SMILES string of the molecule is CNC(=O)NC(=O)C(C)N1CCCN(CC(=O)O)CC1. The van der Waals surface area contributed by atoms with E-state index in [0.29, 0.717) is 26.2 Å². The van der Waals surface area contributed by atoms with Crippen LogP contribution >= 0.6 is 0 Å². The van der Waals surface area contributed by atoms with Gasteiger partial charge in [0, 0.05) is 33.2 Å². The van der Waals surface area contributed by atoms with Crippen molar-refractivity contribution >= 4 is 17.9 Å². The average molecular weight is 286 g/mol. The zero-order valence-corrected chi connectivity index (χ0v) is 11.9. The van der Waals surface area contributed by atoms with E-state index in [1.54, 1.807) is 6.92 Å². The van der Waals surface area contributed by atoms with E-state index >= 15 is 0 Å². The van der Waals surface area contributed by atoms with Crippen molar-refractivity contribution in [2.75, 3.05) is 39.8 Å². The van der Waals surface area contributed by atoms with Crippen molar-refractivity contribution in [1.82, 2.24) is 20.4 Å². The average Bonchev–Trinajstić information content (AvgIpc) is 2.62. The number of carbonyl (C=O) groups is 3. The number of hydrogen-bond acceptors (Lipinski definition) is 5. The van der Waals surface area contributed by atoms with Crippen molar-refractivity contribution in [3.63, 3.8) is 0 Å². The third-order valence-corrected chi connectivity index (χ3v) is 3.37. The van der Waals surface area contributed by atoms with Gasteiger partial charge in [-0.25, -0.2) is 4.79 Å². The van der Waals surface area contributed by atoms with Gasteiger partial charge < -0.3 is 10.4 Å². The monoisotopic (exact) mass is 286 g/mol. The highest BCUT2D eigenvalue weighted by molar-refractivity contribution is 5.96. The Morgan fingerprint density at radius 2 is 1.90 bits per heavy atom. The number of nitrogens with zero attached hydrogens (tertiary/aromatic N) is 2. The summed E-state index contributed by atoms with van der Waals surface area (Å²) in [6.45, 7) is 4.38.